The van der Waals surface area contributed by atoms with Crippen LogP contribution in [0.15, 0.2) is 42.5 Å². The van der Waals surface area contributed by atoms with Crippen LogP contribution in [0.2, 0.25) is 0 Å². The molecule has 0 radical (unpaired) electrons. The summed E-state index contributed by atoms with van der Waals surface area (Å²) < 4.78 is 134. The minimum Gasteiger partial charge on any atom is -0.453 e. The van der Waals surface area contributed by atoms with Gasteiger partial charge >= 0.3 is 30.7 Å². The molecule has 0 spiro atoms. The molecule has 2 aromatic rings. The molecule has 0 bridgehead atoms. The van der Waals surface area contributed by atoms with Gasteiger partial charge in [0.1, 0.15) is 6.04 Å². The standard InChI is InChI=1S/C28H29F9N2O4/c1-5-21(38(24(40)42-4)14-16-10-17(26(29,30)31)12-18(11-16)27(32,33)34)20-13-23(28(35,36)37)39(25(41)43-15(2)3)22-9-7-6-8-19(20)22/h6-12,15,20-21,23H,5,13-14H2,1-4H3. The summed E-state index contributed by atoms with van der Waals surface area (Å²) in [5.41, 5.74) is -3.76. The first-order valence-electron chi connectivity index (χ1n) is 13.1. The quantitative estimate of drug-likeness (QED) is 0.301. The summed E-state index contributed by atoms with van der Waals surface area (Å²) in [5.74, 6) is -1.16. The van der Waals surface area contributed by atoms with Crippen LogP contribution in [-0.4, -0.2) is 48.6 Å². The fourth-order valence-corrected chi connectivity index (χ4v) is 5.25. The van der Waals surface area contributed by atoms with Gasteiger partial charge in [-0.15, -0.1) is 0 Å². The lowest BCUT2D eigenvalue weighted by Crippen LogP contribution is -2.55. The fraction of sp³-hybridized carbons (Fsp3) is 0.500. The van der Waals surface area contributed by atoms with E-state index in [0.717, 1.165) is 12.0 Å². The van der Waals surface area contributed by atoms with Gasteiger partial charge < -0.3 is 14.4 Å². The van der Waals surface area contributed by atoms with E-state index in [2.05, 4.69) is 0 Å². The minimum atomic E-state index is -5.16. The van der Waals surface area contributed by atoms with Crippen molar-refractivity contribution in [3.05, 3.63) is 64.7 Å². The molecule has 0 saturated heterocycles. The number of ether oxygens (including phenoxy) is 2. The molecule has 1 aliphatic heterocycles. The Morgan fingerprint density at radius 3 is 1.98 bits per heavy atom. The van der Waals surface area contributed by atoms with E-state index in [9.17, 15) is 49.1 Å². The van der Waals surface area contributed by atoms with Gasteiger partial charge in [0, 0.05) is 18.5 Å². The number of rotatable bonds is 6. The molecule has 1 aliphatic rings. The zero-order valence-electron chi connectivity index (χ0n) is 23.4. The van der Waals surface area contributed by atoms with Crippen molar-refractivity contribution in [1.82, 2.24) is 4.90 Å². The molecular formula is C28H29F9N2O4. The third-order valence-electron chi connectivity index (χ3n) is 6.99. The smallest absolute Gasteiger partial charge is 0.416 e. The van der Waals surface area contributed by atoms with Gasteiger partial charge in [-0.2, -0.15) is 39.5 Å². The van der Waals surface area contributed by atoms with Crippen molar-refractivity contribution < 1.29 is 58.6 Å². The molecule has 2 amide bonds. The van der Waals surface area contributed by atoms with Crippen LogP contribution in [0.5, 0.6) is 0 Å². The van der Waals surface area contributed by atoms with E-state index < -0.39 is 84.5 Å². The number of halogens is 9. The minimum absolute atomic E-state index is 0.0692. The van der Waals surface area contributed by atoms with Gasteiger partial charge in [-0.05, 0) is 62.1 Å². The maximum atomic E-state index is 14.4. The third-order valence-corrected chi connectivity index (χ3v) is 6.99. The Kier molecular flexibility index (Phi) is 9.86. The number of carbonyl (C=O) groups is 2. The summed E-state index contributed by atoms with van der Waals surface area (Å²) in [4.78, 5) is 27.1. The van der Waals surface area contributed by atoms with Crippen LogP contribution in [0.4, 0.5) is 54.8 Å². The highest BCUT2D eigenvalue weighted by Crippen LogP contribution is 2.47. The average Bonchev–Trinajstić information content (AvgIpc) is 2.89. The third kappa shape index (κ3) is 7.66. The second-order valence-corrected chi connectivity index (χ2v) is 10.2. The second kappa shape index (κ2) is 12.5. The van der Waals surface area contributed by atoms with Crippen LogP contribution in [-0.2, 0) is 28.4 Å². The maximum Gasteiger partial charge on any atom is 0.416 e. The predicted molar refractivity (Wildman–Crippen MR) is 136 cm³/mol. The number of nitrogens with zero attached hydrogens (tertiary/aromatic N) is 2. The van der Waals surface area contributed by atoms with Gasteiger partial charge in [0.25, 0.3) is 0 Å². The molecule has 2 aromatic carbocycles. The van der Waals surface area contributed by atoms with Crippen LogP contribution >= 0.6 is 0 Å². The van der Waals surface area contributed by atoms with Crippen molar-refractivity contribution in [2.75, 3.05) is 12.0 Å². The number of alkyl halides is 9. The average molecular weight is 629 g/mol. The normalized spacial score (nSPS) is 18.2. The van der Waals surface area contributed by atoms with Gasteiger partial charge in [-0.3, -0.25) is 4.90 Å². The van der Waals surface area contributed by atoms with Gasteiger partial charge in [0.05, 0.1) is 30.0 Å². The SMILES string of the molecule is CCC(C1CC(C(F)(F)F)N(C(=O)OC(C)C)c2ccccc21)N(Cc1cc(C(F)(F)F)cc(C(F)(F)F)c1)C(=O)OC. The first-order valence-corrected chi connectivity index (χ1v) is 13.1. The Bertz CT molecular complexity index is 1280. The Morgan fingerprint density at radius 1 is 0.953 bits per heavy atom. The highest BCUT2D eigenvalue weighted by atomic mass is 19.4. The Balaban J connectivity index is 2.17. The van der Waals surface area contributed by atoms with E-state index in [4.69, 9.17) is 9.47 Å². The van der Waals surface area contributed by atoms with Gasteiger partial charge in [-0.1, -0.05) is 25.1 Å². The summed E-state index contributed by atoms with van der Waals surface area (Å²) in [5, 5.41) is 0. The summed E-state index contributed by atoms with van der Waals surface area (Å²) in [6.45, 7) is 3.57. The molecule has 3 atom stereocenters. The highest BCUT2D eigenvalue weighted by molar-refractivity contribution is 5.90. The molecule has 0 N–H and O–H groups in total. The van der Waals surface area contributed by atoms with Gasteiger partial charge in [-0.25, -0.2) is 9.59 Å². The first kappa shape index (κ1) is 33.8. The summed E-state index contributed by atoms with van der Waals surface area (Å²) >= 11 is 0. The number of para-hydroxylation sites is 1. The number of hydrogen-bond acceptors (Lipinski definition) is 4. The van der Waals surface area contributed by atoms with Crippen molar-refractivity contribution in [2.24, 2.45) is 0 Å². The lowest BCUT2D eigenvalue weighted by Gasteiger charge is -2.45. The lowest BCUT2D eigenvalue weighted by molar-refractivity contribution is -0.152. The van der Waals surface area contributed by atoms with E-state index in [1.165, 1.54) is 45.0 Å². The monoisotopic (exact) mass is 628 g/mol. The summed E-state index contributed by atoms with van der Waals surface area (Å²) in [6, 6.07) is 2.77. The molecule has 1 heterocycles. The van der Waals surface area contributed by atoms with E-state index >= 15 is 0 Å². The van der Waals surface area contributed by atoms with Crippen LogP contribution in [0, 0.1) is 0 Å². The van der Waals surface area contributed by atoms with Crippen molar-refractivity contribution in [3.63, 3.8) is 0 Å². The first-order chi connectivity index (χ1) is 19.8. The van der Waals surface area contributed by atoms with Crippen molar-refractivity contribution in [2.45, 2.75) is 82.8 Å². The highest BCUT2D eigenvalue weighted by Gasteiger charge is 2.53. The van der Waals surface area contributed by atoms with E-state index in [0.29, 0.717) is 17.0 Å². The number of anilines is 1. The second-order valence-electron chi connectivity index (χ2n) is 10.2. The number of hydrogen-bond donors (Lipinski definition) is 0. The van der Waals surface area contributed by atoms with Crippen molar-refractivity contribution in [3.8, 4) is 0 Å². The Morgan fingerprint density at radius 2 is 1.51 bits per heavy atom. The van der Waals surface area contributed by atoms with E-state index in [1.54, 1.807) is 0 Å². The maximum absolute atomic E-state index is 14.4. The molecule has 15 heteroatoms. The Hall–Kier alpha value is -3.65. The molecule has 0 fully saturated rings. The topological polar surface area (TPSA) is 59.1 Å². The molecule has 43 heavy (non-hydrogen) atoms. The van der Waals surface area contributed by atoms with Crippen LogP contribution < -0.4 is 4.90 Å². The number of carbonyl (C=O) groups excluding carboxylic acids is 2. The predicted octanol–water partition coefficient (Wildman–Crippen LogP) is 8.54. The largest absolute Gasteiger partial charge is 0.453 e. The van der Waals surface area contributed by atoms with Gasteiger partial charge in [0.2, 0.25) is 0 Å². The molecule has 3 rings (SSSR count). The Labute approximate surface area is 241 Å². The van der Waals surface area contributed by atoms with Crippen molar-refractivity contribution >= 4 is 17.9 Å². The lowest BCUT2D eigenvalue weighted by atomic mass is 9.79. The number of methoxy groups -OCH3 is 1. The van der Waals surface area contributed by atoms with Crippen LogP contribution in [0.25, 0.3) is 0 Å². The zero-order valence-corrected chi connectivity index (χ0v) is 23.4. The molecular weight excluding hydrogens is 599 g/mol. The zero-order chi connectivity index (χ0) is 32.5. The van der Waals surface area contributed by atoms with Crippen LogP contribution in [0.1, 0.15) is 61.8 Å². The van der Waals surface area contributed by atoms with Crippen molar-refractivity contribution in [1.29, 1.82) is 0 Å². The molecule has 0 aromatic heterocycles. The van der Waals surface area contributed by atoms with E-state index in [-0.39, 0.29) is 23.7 Å². The molecule has 6 nitrogen and oxygen atoms in total. The molecule has 0 saturated carbocycles. The van der Waals surface area contributed by atoms with Gasteiger partial charge in [0.15, 0.2) is 0 Å². The molecule has 0 aliphatic carbocycles. The number of fused-ring (bicyclic) bond motifs is 1. The summed E-state index contributed by atoms with van der Waals surface area (Å²) in [7, 11) is 0.923. The number of amides is 2. The summed E-state index contributed by atoms with van der Waals surface area (Å²) in [6.07, 6.45) is -19.3. The van der Waals surface area contributed by atoms with E-state index in [1.807, 2.05) is 0 Å². The fourth-order valence-electron chi connectivity index (χ4n) is 5.25. The van der Waals surface area contributed by atoms with Crippen LogP contribution in [0.3, 0.4) is 0 Å². The molecule has 238 valence electrons. The molecule has 3 unspecified atom stereocenters. The number of benzene rings is 2.